The van der Waals surface area contributed by atoms with Gasteiger partial charge in [-0.05, 0) is 35.7 Å². The zero-order valence-electron chi connectivity index (χ0n) is 13.0. The van der Waals surface area contributed by atoms with E-state index in [9.17, 15) is 4.79 Å². The third kappa shape index (κ3) is 4.78. The molecule has 0 aliphatic rings. The van der Waals surface area contributed by atoms with Gasteiger partial charge in [0.05, 0.1) is 6.42 Å². The fourth-order valence-electron chi connectivity index (χ4n) is 2.18. The van der Waals surface area contributed by atoms with Gasteiger partial charge in [0.25, 0.3) is 0 Å². The average Bonchev–Trinajstić information content (AvgIpc) is 2.50. The molecule has 0 aromatic heterocycles. The van der Waals surface area contributed by atoms with Crippen LogP contribution in [0.5, 0.6) is 0 Å². The fourth-order valence-corrected chi connectivity index (χ4v) is 2.39. The highest BCUT2D eigenvalue weighted by molar-refractivity contribution is 6.31. The minimum atomic E-state index is -0.00184. The summed E-state index contributed by atoms with van der Waals surface area (Å²) in [4.78, 5) is 14.0. The number of hydrogen-bond acceptors (Lipinski definition) is 2. The van der Waals surface area contributed by atoms with Crippen molar-refractivity contribution in [2.75, 3.05) is 25.5 Å². The third-order valence-corrected chi connectivity index (χ3v) is 3.87. The number of nitrogens with one attached hydrogen (secondary N) is 1. The van der Waals surface area contributed by atoms with Gasteiger partial charge < -0.3 is 10.2 Å². The smallest absolute Gasteiger partial charge is 0.224 e. The molecule has 0 saturated carbocycles. The average molecular weight is 317 g/mol. The summed E-state index contributed by atoms with van der Waals surface area (Å²) in [5.74, 6) is -0.00184. The lowest BCUT2D eigenvalue weighted by atomic mass is 10.1. The molecule has 0 bridgehead atoms. The summed E-state index contributed by atoms with van der Waals surface area (Å²) in [5.41, 5.74) is 3.24. The van der Waals surface area contributed by atoms with Crippen LogP contribution in [0.15, 0.2) is 48.5 Å². The Bertz CT molecular complexity index is 623. The predicted octanol–water partition coefficient (Wildman–Crippen LogP) is 3.31. The summed E-state index contributed by atoms with van der Waals surface area (Å²) < 4.78 is 0. The molecule has 0 fully saturated rings. The number of anilines is 1. The number of nitrogens with zero attached hydrogens (tertiary/aromatic N) is 1. The standard InChI is InChI=1S/C18H21ClN2O/c1-21(2)16-9-7-14(8-10-16)11-12-20-18(22)13-15-5-3-4-6-17(15)19/h3-10H,11-13H2,1-2H3,(H,20,22). The summed E-state index contributed by atoms with van der Waals surface area (Å²) in [6.07, 6.45) is 1.14. The number of amides is 1. The van der Waals surface area contributed by atoms with Crippen molar-refractivity contribution in [1.29, 1.82) is 0 Å². The molecular formula is C18H21ClN2O. The molecule has 3 nitrogen and oxygen atoms in total. The Morgan fingerprint density at radius 2 is 1.77 bits per heavy atom. The van der Waals surface area contributed by atoms with Gasteiger partial charge in [0.1, 0.15) is 0 Å². The fraction of sp³-hybridized carbons (Fsp3) is 0.278. The molecule has 1 N–H and O–H groups in total. The van der Waals surface area contributed by atoms with Crippen LogP contribution >= 0.6 is 11.6 Å². The van der Waals surface area contributed by atoms with Gasteiger partial charge in [0.2, 0.25) is 5.91 Å². The summed E-state index contributed by atoms with van der Waals surface area (Å²) in [6, 6.07) is 15.8. The summed E-state index contributed by atoms with van der Waals surface area (Å²) in [5, 5.41) is 3.57. The van der Waals surface area contributed by atoms with E-state index in [4.69, 9.17) is 11.6 Å². The van der Waals surface area contributed by atoms with Crippen LogP contribution in [0, 0.1) is 0 Å². The highest BCUT2D eigenvalue weighted by Gasteiger charge is 2.06. The number of rotatable bonds is 6. The maximum Gasteiger partial charge on any atom is 0.224 e. The molecule has 0 heterocycles. The van der Waals surface area contributed by atoms with Crippen molar-refractivity contribution in [1.82, 2.24) is 5.32 Å². The lowest BCUT2D eigenvalue weighted by Gasteiger charge is -2.12. The molecule has 2 aromatic rings. The Morgan fingerprint density at radius 1 is 1.09 bits per heavy atom. The van der Waals surface area contributed by atoms with E-state index in [-0.39, 0.29) is 5.91 Å². The molecule has 0 radical (unpaired) electrons. The van der Waals surface area contributed by atoms with Crippen molar-refractivity contribution >= 4 is 23.2 Å². The Labute approximate surface area is 136 Å². The first kappa shape index (κ1) is 16.4. The molecular weight excluding hydrogens is 296 g/mol. The number of carbonyl (C=O) groups excluding carboxylic acids is 1. The highest BCUT2D eigenvalue weighted by Crippen LogP contribution is 2.15. The molecule has 0 unspecified atom stereocenters. The Hall–Kier alpha value is -2.00. The number of hydrogen-bond donors (Lipinski definition) is 1. The molecule has 0 spiro atoms. The van der Waals surface area contributed by atoms with Crippen molar-refractivity contribution in [3.05, 3.63) is 64.7 Å². The molecule has 2 rings (SSSR count). The first-order valence-electron chi connectivity index (χ1n) is 7.32. The predicted molar refractivity (Wildman–Crippen MR) is 92.6 cm³/mol. The monoisotopic (exact) mass is 316 g/mol. The van der Waals surface area contributed by atoms with Crippen LogP contribution in [0.1, 0.15) is 11.1 Å². The summed E-state index contributed by atoms with van der Waals surface area (Å²) in [6.45, 7) is 0.630. The quantitative estimate of drug-likeness (QED) is 0.887. The van der Waals surface area contributed by atoms with Gasteiger partial charge in [0, 0.05) is 31.4 Å². The van der Waals surface area contributed by atoms with Crippen LogP contribution in [-0.4, -0.2) is 26.5 Å². The third-order valence-electron chi connectivity index (χ3n) is 3.50. The lowest BCUT2D eigenvalue weighted by molar-refractivity contribution is -0.120. The first-order chi connectivity index (χ1) is 10.6. The second-order valence-electron chi connectivity index (χ2n) is 5.43. The van der Waals surface area contributed by atoms with Crippen LogP contribution in [-0.2, 0) is 17.6 Å². The minimum absolute atomic E-state index is 0.00184. The highest BCUT2D eigenvalue weighted by atomic mass is 35.5. The molecule has 116 valence electrons. The molecule has 22 heavy (non-hydrogen) atoms. The molecule has 2 aromatic carbocycles. The topological polar surface area (TPSA) is 32.3 Å². The van der Waals surface area contributed by atoms with Crippen molar-refractivity contribution in [2.24, 2.45) is 0 Å². The maximum absolute atomic E-state index is 11.9. The van der Waals surface area contributed by atoms with Crippen LogP contribution in [0.2, 0.25) is 5.02 Å². The summed E-state index contributed by atoms with van der Waals surface area (Å²) in [7, 11) is 4.04. The zero-order chi connectivity index (χ0) is 15.9. The number of carbonyl (C=O) groups is 1. The number of halogens is 1. The van der Waals surface area contributed by atoms with Crippen molar-refractivity contribution in [3.63, 3.8) is 0 Å². The van der Waals surface area contributed by atoms with Gasteiger partial charge in [-0.15, -0.1) is 0 Å². The first-order valence-corrected chi connectivity index (χ1v) is 7.70. The van der Waals surface area contributed by atoms with E-state index in [1.165, 1.54) is 11.3 Å². The van der Waals surface area contributed by atoms with Gasteiger partial charge in [-0.25, -0.2) is 0 Å². The number of benzene rings is 2. The Balaban J connectivity index is 1.78. The van der Waals surface area contributed by atoms with Gasteiger partial charge >= 0.3 is 0 Å². The Morgan fingerprint density at radius 3 is 2.41 bits per heavy atom. The van der Waals surface area contributed by atoms with E-state index in [2.05, 4.69) is 34.5 Å². The van der Waals surface area contributed by atoms with Gasteiger partial charge in [0.15, 0.2) is 0 Å². The minimum Gasteiger partial charge on any atom is -0.378 e. The Kier molecular flexibility index (Phi) is 5.84. The largest absolute Gasteiger partial charge is 0.378 e. The molecule has 0 atom stereocenters. The van der Waals surface area contributed by atoms with E-state index < -0.39 is 0 Å². The van der Waals surface area contributed by atoms with Gasteiger partial charge in [-0.2, -0.15) is 0 Å². The molecule has 0 saturated heterocycles. The van der Waals surface area contributed by atoms with Gasteiger partial charge in [-0.3, -0.25) is 4.79 Å². The van der Waals surface area contributed by atoms with Crippen LogP contribution < -0.4 is 10.2 Å². The van der Waals surface area contributed by atoms with Crippen LogP contribution in [0.25, 0.3) is 0 Å². The lowest BCUT2D eigenvalue weighted by Crippen LogP contribution is -2.27. The molecule has 0 aliphatic heterocycles. The van der Waals surface area contributed by atoms with Crippen molar-refractivity contribution in [3.8, 4) is 0 Å². The van der Waals surface area contributed by atoms with E-state index in [1.54, 1.807) is 6.07 Å². The molecule has 0 aliphatic carbocycles. The van der Waals surface area contributed by atoms with E-state index in [0.717, 1.165) is 12.0 Å². The van der Waals surface area contributed by atoms with Gasteiger partial charge in [-0.1, -0.05) is 41.9 Å². The van der Waals surface area contributed by atoms with E-state index in [1.807, 2.05) is 32.3 Å². The maximum atomic E-state index is 11.9. The van der Waals surface area contributed by atoms with Crippen molar-refractivity contribution in [2.45, 2.75) is 12.8 Å². The zero-order valence-corrected chi connectivity index (χ0v) is 13.7. The van der Waals surface area contributed by atoms with E-state index >= 15 is 0 Å². The second-order valence-corrected chi connectivity index (χ2v) is 5.84. The normalized spacial score (nSPS) is 10.3. The SMILES string of the molecule is CN(C)c1ccc(CCNC(=O)Cc2ccccc2Cl)cc1. The summed E-state index contributed by atoms with van der Waals surface area (Å²) >= 11 is 6.05. The molecule has 4 heteroatoms. The van der Waals surface area contributed by atoms with E-state index in [0.29, 0.717) is 18.0 Å². The second kappa shape index (κ2) is 7.85. The van der Waals surface area contributed by atoms with Crippen LogP contribution in [0.3, 0.4) is 0 Å². The molecule has 1 amide bonds. The van der Waals surface area contributed by atoms with Crippen LogP contribution in [0.4, 0.5) is 5.69 Å². The van der Waals surface area contributed by atoms with Crippen molar-refractivity contribution < 1.29 is 4.79 Å².